The van der Waals surface area contributed by atoms with Gasteiger partial charge >= 0.3 is 5.97 Å². The topological polar surface area (TPSA) is 151 Å². The first kappa shape index (κ1) is 25.8. The number of rotatable bonds is 12. The molecule has 2 unspecified atom stereocenters. The number of carboxylic acid groups (broad SMARTS) is 1. The summed E-state index contributed by atoms with van der Waals surface area (Å²) in [5.74, 6) is -1.39. The van der Waals surface area contributed by atoms with Gasteiger partial charge in [-0.05, 0) is 52.5 Å². The van der Waals surface area contributed by atoms with E-state index in [0.717, 1.165) is 32.1 Å². The summed E-state index contributed by atoms with van der Waals surface area (Å²) in [4.78, 5) is 24.2. The van der Waals surface area contributed by atoms with Gasteiger partial charge in [0.15, 0.2) is 0 Å². The average molecular weight is 435 g/mol. The Kier molecular flexibility index (Phi) is 10.5. The number of nitrogens with two attached hydrogens (primary N) is 1. The van der Waals surface area contributed by atoms with Gasteiger partial charge in [0.2, 0.25) is 5.91 Å². The van der Waals surface area contributed by atoms with Crippen molar-refractivity contribution in [3.8, 4) is 0 Å². The Morgan fingerprint density at radius 1 is 1.07 bits per heavy atom. The molecule has 1 aliphatic rings. The van der Waals surface area contributed by atoms with E-state index in [-0.39, 0.29) is 12.3 Å². The molecule has 1 saturated carbocycles. The SMILES string of the molecule is CC(C)(C)NC(=O)C(CC1CCCCC1)NS(=O)(=O)NC(CCCCN)C(=O)O. The minimum absolute atomic E-state index is 0.134. The van der Waals surface area contributed by atoms with Crippen LogP contribution in [0, 0.1) is 5.92 Å². The van der Waals surface area contributed by atoms with Gasteiger partial charge in [-0.3, -0.25) is 9.59 Å². The van der Waals surface area contributed by atoms with Crippen LogP contribution in [0.15, 0.2) is 0 Å². The third kappa shape index (κ3) is 10.9. The summed E-state index contributed by atoms with van der Waals surface area (Å²) in [6.07, 6.45) is 6.87. The number of carbonyl (C=O) groups excluding carboxylic acids is 1. The highest BCUT2D eigenvalue weighted by molar-refractivity contribution is 7.87. The first-order valence-corrected chi connectivity index (χ1v) is 12.0. The zero-order valence-electron chi connectivity index (χ0n) is 17.9. The normalized spacial score (nSPS) is 18.2. The number of unbranched alkanes of at least 4 members (excludes halogenated alkanes) is 1. The van der Waals surface area contributed by atoms with E-state index in [2.05, 4.69) is 14.8 Å². The van der Waals surface area contributed by atoms with Crippen LogP contribution >= 0.6 is 0 Å². The summed E-state index contributed by atoms with van der Waals surface area (Å²) < 4.78 is 29.8. The lowest BCUT2D eigenvalue weighted by Crippen LogP contribution is -2.56. The number of nitrogens with one attached hydrogen (secondary N) is 3. The summed E-state index contributed by atoms with van der Waals surface area (Å²) in [6.45, 7) is 5.89. The summed E-state index contributed by atoms with van der Waals surface area (Å²) in [5.41, 5.74) is 4.91. The molecule has 29 heavy (non-hydrogen) atoms. The molecule has 0 aromatic rings. The maximum atomic E-state index is 12.7. The van der Waals surface area contributed by atoms with Crippen molar-refractivity contribution in [2.45, 2.75) is 96.2 Å². The molecule has 0 saturated heterocycles. The lowest BCUT2D eigenvalue weighted by Gasteiger charge is -2.29. The largest absolute Gasteiger partial charge is 0.480 e. The number of carbonyl (C=O) groups is 2. The van der Waals surface area contributed by atoms with E-state index in [0.29, 0.717) is 25.8 Å². The smallest absolute Gasteiger partial charge is 0.321 e. The highest BCUT2D eigenvalue weighted by atomic mass is 32.2. The van der Waals surface area contributed by atoms with Crippen LogP contribution in [-0.4, -0.2) is 49.6 Å². The molecular weight excluding hydrogens is 396 g/mol. The number of carboxylic acids is 1. The Labute approximate surface area is 174 Å². The Morgan fingerprint density at radius 2 is 1.66 bits per heavy atom. The van der Waals surface area contributed by atoms with Gasteiger partial charge in [-0.15, -0.1) is 0 Å². The monoisotopic (exact) mass is 434 g/mol. The highest BCUT2D eigenvalue weighted by Crippen LogP contribution is 2.27. The van der Waals surface area contributed by atoms with Gasteiger partial charge in [-0.1, -0.05) is 38.5 Å². The van der Waals surface area contributed by atoms with E-state index >= 15 is 0 Å². The number of aliphatic carboxylic acids is 1. The van der Waals surface area contributed by atoms with Gasteiger partial charge in [0.05, 0.1) is 0 Å². The summed E-state index contributed by atoms with van der Waals surface area (Å²) >= 11 is 0. The van der Waals surface area contributed by atoms with Crippen LogP contribution in [0.1, 0.15) is 78.6 Å². The average Bonchev–Trinajstić information content (AvgIpc) is 2.59. The quantitative estimate of drug-likeness (QED) is 0.292. The molecule has 0 heterocycles. The van der Waals surface area contributed by atoms with E-state index in [9.17, 15) is 23.1 Å². The maximum Gasteiger partial charge on any atom is 0.321 e. The first-order valence-electron chi connectivity index (χ1n) is 10.5. The van der Waals surface area contributed by atoms with Crippen LogP contribution < -0.4 is 20.5 Å². The summed E-state index contributed by atoms with van der Waals surface area (Å²) in [7, 11) is -4.19. The van der Waals surface area contributed by atoms with Crippen molar-refractivity contribution in [1.82, 2.24) is 14.8 Å². The van der Waals surface area contributed by atoms with Crippen LogP contribution in [0.5, 0.6) is 0 Å². The third-order valence-electron chi connectivity index (χ3n) is 4.95. The van der Waals surface area contributed by atoms with E-state index in [1.807, 2.05) is 20.8 Å². The van der Waals surface area contributed by atoms with E-state index in [4.69, 9.17) is 5.73 Å². The van der Waals surface area contributed by atoms with Crippen LogP contribution in [0.2, 0.25) is 0 Å². The van der Waals surface area contributed by atoms with Gasteiger partial charge in [0, 0.05) is 5.54 Å². The maximum absolute atomic E-state index is 12.7. The van der Waals surface area contributed by atoms with E-state index in [1.165, 1.54) is 0 Å². The van der Waals surface area contributed by atoms with Gasteiger partial charge in [0.25, 0.3) is 10.2 Å². The first-order chi connectivity index (χ1) is 13.4. The Hall–Kier alpha value is -1.23. The minimum atomic E-state index is -4.19. The molecule has 0 spiro atoms. The fourth-order valence-electron chi connectivity index (χ4n) is 3.56. The molecule has 0 radical (unpaired) electrons. The molecule has 9 nitrogen and oxygen atoms in total. The molecule has 0 aromatic carbocycles. The zero-order chi connectivity index (χ0) is 22.1. The van der Waals surface area contributed by atoms with E-state index in [1.54, 1.807) is 0 Å². The highest BCUT2D eigenvalue weighted by Gasteiger charge is 2.32. The zero-order valence-corrected chi connectivity index (χ0v) is 18.7. The standard InChI is InChI=1S/C19H38N4O5S/c1-19(2,3)21-17(24)16(13-14-9-5-4-6-10-14)23-29(27,28)22-15(18(25)26)11-7-8-12-20/h14-16,22-23H,4-13,20H2,1-3H3,(H,21,24)(H,25,26). The predicted molar refractivity (Wildman–Crippen MR) is 112 cm³/mol. The fourth-order valence-corrected chi connectivity index (χ4v) is 4.79. The van der Waals surface area contributed by atoms with Crippen LogP contribution in [-0.2, 0) is 19.8 Å². The van der Waals surface area contributed by atoms with Gasteiger partial charge in [0.1, 0.15) is 12.1 Å². The lowest BCUT2D eigenvalue weighted by atomic mass is 9.84. The molecule has 170 valence electrons. The van der Waals surface area contributed by atoms with Gasteiger partial charge < -0.3 is 16.2 Å². The molecule has 6 N–H and O–H groups in total. The molecule has 1 amide bonds. The van der Waals surface area contributed by atoms with Crippen LogP contribution in [0.4, 0.5) is 0 Å². The summed E-state index contributed by atoms with van der Waals surface area (Å²) in [6, 6.07) is -2.21. The molecule has 1 aliphatic carbocycles. The molecule has 0 bridgehead atoms. The van der Waals surface area contributed by atoms with Crippen LogP contribution in [0.25, 0.3) is 0 Å². The van der Waals surface area contributed by atoms with Crippen molar-refractivity contribution >= 4 is 22.1 Å². The number of amides is 1. The molecule has 10 heteroatoms. The lowest BCUT2D eigenvalue weighted by molar-refractivity contribution is -0.139. The molecule has 0 aromatic heterocycles. The van der Waals surface area contributed by atoms with E-state index < -0.39 is 39.7 Å². The second kappa shape index (κ2) is 11.8. The second-order valence-electron chi connectivity index (χ2n) is 8.95. The molecular formula is C19H38N4O5S. The second-order valence-corrected chi connectivity index (χ2v) is 10.4. The van der Waals surface area contributed by atoms with Crippen molar-refractivity contribution in [3.05, 3.63) is 0 Å². The molecule has 1 fully saturated rings. The minimum Gasteiger partial charge on any atom is -0.480 e. The molecule has 1 rings (SSSR count). The fraction of sp³-hybridized carbons (Fsp3) is 0.895. The van der Waals surface area contributed by atoms with Gasteiger partial charge in [-0.25, -0.2) is 0 Å². The van der Waals surface area contributed by atoms with Crippen LogP contribution in [0.3, 0.4) is 0 Å². The van der Waals surface area contributed by atoms with Crippen molar-refractivity contribution in [3.63, 3.8) is 0 Å². The number of hydrogen-bond donors (Lipinski definition) is 5. The van der Waals surface area contributed by atoms with Crippen molar-refractivity contribution in [1.29, 1.82) is 0 Å². The van der Waals surface area contributed by atoms with Crippen molar-refractivity contribution in [2.24, 2.45) is 11.7 Å². The Bertz CT molecular complexity index is 627. The molecule has 2 atom stereocenters. The Balaban J connectivity index is 2.86. The van der Waals surface area contributed by atoms with Crippen molar-refractivity contribution in [2.75, 3.05) is 6.54 Å². The predicted octanol–water partition coefficient (Wildman–Crippen LogP) is 1.25. The number of hydrogen-bond acceptors (Lipinski definition) is 5. The summed E-state index contributed by atoms with van der Waals surface area (Å²) in [5, 5.41) is 12.2. The van der Waals surface area contributed by atoms with Crippen molar-refractivity contribution < 1.29 is 23.1 Å². The van der Waals surface area contributed by atoms with Gasteiger partial charge in [-0.2, -0.15) is 17.9 Å². The third-order valence-corrected chi connectivity index (χ3v) is 6.14. The molecule has 0 aliphatic heterocycles. The Morgan fingerprint density at radius 3 is 2.17 bits per heavy atom.